The Morgan fingerprint density at radius 1 is 1.26 bits per heavy atom. The van der Waals surface area contributed by atoms with Crippen LogP contribution in [-0.4, -0.2) is 45.3 Å². The molecule has 0 bridgehead atoms. The van der Waals surface area contributed by atoms with E-state index >= 15 is 0 Å². The van der Waals surface area contributed by atoms with Crippen molar-refractivity contribution in [3.05, 3.63) is 59.7 Å². The first-order valence-electron chi connectivity index (χ1n) is 11.7. The quantitative estimate of drug-likeness (QED) is 0.597. The fourth-order valence-electron chi connectivity index (χ4n) is 5.01. The first-order chi connectivity index (χ1) is 16.4. The number of aromatic nitrogens is 3. The van der Waals surface area contributed by atoms with E-state index in [1.54, 1.807) is 18.3 Å². The van der Waals surface area contributed by atoms with Crippen molar-refractivity contribution in [2.24, 2.45) is 0 Å². The van der Waals surface area contributed by atoms with E-state index in [4.69, 9.17) is 15.6 Å². The van der Waals surface area contributed by atoms with Gasteiger partial charge < -0.3 is 20.7 Å². The van der Waals surface area contributed by atoms with E-state index in [0.717, 1.165) is 48.4 Å². The molecule has 3 aromatic rings. The summed E-state index contributed by atoms with van der Waals surface area (Å²) in [5.41, 5.74) is 9.64. The molecular weight excluding hydrogens is 435 g/mol. The number of likely N-dealkylation sites (tertiary alicyclic amines) is 1. The SMILES string of the molecule is CCNC(=O)N1CC[C@@]2(CCn3nc(-c4cnc(N)c(O[C@H](C)c5ccc(F)cc5)c4)cc32)C1. The van der Waals surface area contributed by atoms with Crippen molar-refractivity contribution in [2.45, 2.75) is 44.8 Å². The van der Waals surface area contributed by atoms with Crippen LogP contribution in [0.3, 0.4) is 0 Å². The summed E-state index contributed by atoms with van der Waals surface area (Å²) in [6, 6.07) is 10.2. The Labute approximate surface area is 197 Å². The molecular formula is C25H29FN6O2. The average molecular weight is 465 g/mol. The average Bonchev–Trinajstić information content (AvgIpc) is 3.53. The third-order valence-electron chi connectivity index (χ3n) is 6.92. The monoisotopic (exact) mass is 464 g/mol. The third kappa shape index (κ3) is 3.95. The van der Waals surface area contributed by atoms with E-state index in [-0.39, 0.29) is 29.2 Å². The molecule has 178 valence electrons. The van der Waals surface area contributed by atoms with Crippen molar-refractivity contribution in [1.29, 1.82) is 0 Å². The van der Waals surface area contributed by atoms with Crippen molar-refractivity contribution in [3.8, 4) is 17.0 Å². The fraction of sp³-hybridized carbons (Fsp3) is 0.400. The number of pyridine rings is 1. The lowest BCUT2D eigenvalue weighted by molar-refractivity contribution is 0.206. The zero-order valence-electron chi connectivity index (χ0n) is 19.4. The predicted octanol–water partition coefficient (Wildman–Crippen LogP) is 3.88. The maximum absolute atomic E-state index is 13.3. The number of carbonyl (C=O) groups is 1. The molecule has 1 aromatic carbocycles. The number of urea groups is 1. The summed E-state index contributed by atoms with van der Waals surface area (Å²) in [4.78, 5) is 18.6. The standard InChI is InChI=1S/C25H29FN6O2/c1-3-28-24(33)31-10-8-25(15-31)9-11-32-22(25)13-20(30-32)18-12-21(23(27)29-14-18)34-16(2)17-4-6-19(26)7-5-17/h4-7,12-14,16H,3,8-11,15H2,1-2H3,(H2,27,29)(H,28,33)/t16-,25-/m1/s1. The second-order valence-corrected chi connectivity index (χ2v) is 9.09. The maximum Gasteiger partial charge on any atom is 0.317 e. The molecule has 2 aliphatic rings. The minimum atomic E-state index is -0.325. The van der Waals surface area contributed by atoms with Crippen molar-refractivity contribution < 1.29 is 13.9 Å². The van der Waals surface area contributed by atoms with Crippen LogP contribution in [0.2, 0.25) is 0 Å². The van der Waals surface area contributed by atoms with Crippen LogP contribution < -0.4 is 15.8 Å². The summed E-state index contributed by atoms with van der Waals surface area (Å²) in [6.45, 7) is 6.71. The van der Waals surface area contributed by atoms with Gasteiger partial charge in [-0.05, 0) is 56.5 Å². The lowest BCUT2D eigenvalue weighted by Gasteiger charge is -2.23. The third-order valence-corrected chi connectivity index (χ3v) is 6.92. The molecule has 0 radical (unpaired) electrons. The second-order valence-electron chi connectivity index (χ2n) is 9.09. The molecule has 8 nitrogen and oxygen atoms in total. The number of hydrogen-bond donors (Lipinski definition) is 2. The number of nitrogens with one attached hydrogen (secondary N) is 1. The van der Waals surface area contributed by atoms with Crippen LogP contribution in [0.1, 0.15) is 44.1 Å². The highest BCUT2D eigenvalue weighted by Crippen LogP contribution is 2.44. The molecule has 2 amide bonds. The number of aryl methyl sites for hydroxylation is 1. The molecule has 1 saturated heterocycles. The van der Waals surface area contributed by atoms with Crippen LogP contribution in [0, 0.1) is 5.82 Å². The number of hydrogen-bond acceptors (Lipinski definition) is 5. The van der Waals surface area contributed by atoms with Crippen molar-refractivity contribution >= 4 is 11.8 Å². The number of fused-ring (bicyclic) bond motifs is 2. The Morgan fingerprint density at radius 2 is 2.03 bits per heavy atom. The molecule has 0 unspecified atom stereocenters. The smallest absolute Gasteiger partial charge is 0.317 e. The van der Waals surface area contributed by atoms with E-state index < -0.39 is 0 Å². The van der Waals surface area contributed by atoms with E-state index in [0.29, 0.717) is 18.8 Å². The van der Waals surface area contributed by atoms with E-state index in [2.05, 4.69) is 21.0 Å². The molecule has 3 N–H and O–H groups in total. The molecule has 5 rings (SSSR count). The number of halogens is 1. The van der Waals surface area contributed by atoms with Gasteiger partial charge in [0.1, 0.15) is 11.9 Å². The molecule has 4 heterocycles. The number of nitrogen functional groups attached to an aromatic ring is 1. The van der Waals surface area contributed by atoms with E-state index in [1.807, 2.05) is 24.8 Å². The summed E-state index contributed by atoms with van der Waals surface area (Å²) in [6.07, 6.45) is 3.29. The Balaban J connectivity index is 1.37. The molecule has 9 heteroatoms. The van der Waals surface area contributed by atoms with Gasteiger partial charge in [-0.25, -0.2) is 14.2 Å². The fourth-order valence-corrected chi connectivity index (χ4v) is 5.01. The molecule has 1 spiro atoms. The predicted molar refractivity (Wildman–Crippen MR) is 127 cm³/mol. The summed E-state index contributed by atoms with van der Waals surface area (Å²) in [7, 11) is 0. The number of ether oxygens (including phenoxy) is 1. The highest BCUT2D eigenvalue weighted by Gasteiger charge is 2.46. The summed E-state index contributed by atoms with van der Waals surface area (Å²) in [5.74, 6) is 0.455. The highest BCUT2D eigenvalue weighted by atomic mass is 19.1. The largest absolute Gasteiger partial charge is 0.482 e. The number of carbonyl (C=O) groups excluding carboxylic acids is 1. The molecule has 2 aliphatic heterocycles. The molecule has 2 atom stereocenters. The number of anilines is 1. The number of nitrogens with zero attached hydrogens (tertiary/aromatic N) is 4. The lowest BCUT2D eigenvalue weighted by atomic mass is 9.82. The Hall–Kier alpha value is -3.62. The first-order valence-corrected chi connectivity index (χ1v) is 11.7. The van der Waals surface area contributed by atoms with Gasteiger partial charge in [-0.15, -0.1) is 0 Å². The van der Waals surface area contributed by atoms with Crippen molar-refractivity contribution in [3.63, 3.8) is 0 Å². The van der Waals surface area contributed by atoms with Crippen LogP contribution in [0.15, 0.2) is 42.6 Å². The molecule has 0 saturated carbocycles. The van der Waals surface area contributed by atoms with Gasteiger partial charge in [0, 0.05) is 49.0 Å². The van der Waals surface area contributed by atoms with Gasteiger partial charge in [-0.3, -0.25) is 4.68 Å². The number of amides is 2. The second kappa shape index (κ2) is 8.62. The molecule has 2 aromatic heterocycles. The zero-order chi connectivity index (χ0) is 23.9. The first kappa shape index (κ1) is 22.2. The minimum absolute atomic E-state index is 0.00244. The highest BCUT2D eigenvalue weighted by molar-refractivity contribution is 5.75. The van der Waals surface area contributed by atoms with Gasteiger partial charge in [0.2, 0.25) is 0 Å². The van der Waals surface area contributed by atoms with Crippen LogP contribution in [0.5, 0.6) is 5.75 Å². The molecule has 0 aliphatic carbocycles. The maximum atomic E-state index is 13.3. The summed E-state index contributed by atoms with van der Waals surface area (Å²) < 4.78 is 21.4. The number of nitrogens with two attached hydrogens (primary N) is 1. The van der Waals surface area contributed by atoms with Gasteiger partial charge in [0.25, 0.3) is 0 Å². The van der Waals surface area contributed by atoms with Crippen LogP contribution >= 0.6 is 0 Å². The van der Waals surface area contributed by atoms with E-state index in [9.17, 15) is 9.18 Å². The Kier molecular flexibility index (Phi) is 5.63. The van der Waals surface area contributed by atoms with Crippen LogP contribution in [-0.2, 0) is 12.0 Å². The minimum Gasteiger partial charge on any atom is -0.482 e. The molecule has 34 heavy (non-hydrogen) atoms. The van der Waals surface area contributed by atoms with Gasteiger partial charge in [-0.2, -0.15) is 5.10 Å². The van der Waals surface area contributed by atoms with E-state index in [1.165, 1.54) is 12.1 Å². The molecule has 1 fully saturated rings. The summed E-state index contributed by atoms with van der Waals surface area (Å²) in [5, 5.41) is 7.73. The topological polar surface area (TPSA) is 98.3 Å². The van der Waals surface area contributed by atoms with Crippen LogP contribution in [0.25, 0.3) is 11.3 Å². The number of benzene rings is 1. The van der Waals surface area contributed by atoms with Gasteiger partial charge >= 0.3 is 6.03 Å². The van der Waals surface area contributed by atoms with Crippen molar-refractivity contribution in [1.82, 2.24) is 25.0 Å². The van der Waals surface area contributed by atoms with Crippen LogP contribution in [0.4, 0.5) is 15.0 Å². The Bertz CT molecular complexity index is 1210. The Morgan fingerprint density at radius 3 is 2.79 bits per heavy atom. The summed E-state index contributed by atoms with van der Waals surface area (Å²) >= 11 is 0. The normalized spacial score (nSPS) is 19.9. The lowest BCUT2D eigenvalue weighted by Crippen LogP contribution is -2.40. The van der Waals surface area contributed by atoms with Gasteiger partial charge in [0.15, 0.2) is 11.6 Å². The number of rotatable bonds is 5. The van der Waals surface area contributed by atoms with Gasteiger partial charge in [-0.1, -0.05) is 12.1 Å². The van der Waals surface area contributed by atoms with Crippen molar-refractivity contribution in [2.75, 3.05) is 25.4 Å². The van der Waals surface area contributed by atoms with Gasteiger partial charge in [0.05, 0.1) is 5.69 Å². The zero-order valence-corrected chi connectivity index (χ0v) is 19.4.